The van der Waals surface area contributed by atoms with Gasteiger partial charge < -0.3 is 0 Å². The summed E-state index contributed by atoms with van der Waals surface area (Å²) in [7, 11) is 1.58. The molecule has 19 heavy (non-hydrogen) atoms. The van der Waals surface area contributed by atoms with E-state index in [1.165, 1.54) is 10.7 Å². The van der Waals surface area contributed by atoms with Crippen molar-refractivity contribution in [3.05, 3.63) is 51.6 Å². The Balaban J connectivity index is 2.36. The third-order valence-corrected chi connectivity index (χ3v) is 3.91. The van der Waals surface area contributed by atoms with E-state index in [0.717, 1.165) is 15.6 Å². The van der Waals surface area contributed by atoms with Crippen LogP contribution in [0.15, 0.2) is 40.5 Å². The molecule has 0 fully saturated rings. The largest absolute Gasteiger partial charge is 0.268 e. The molecular weight excluding hydrogens is 258 g/mol. The number of nitrogens with zero attached hydrogens (tertiary/aromatic N) is 3. The zero-order valence-corrected chi connectivity index (χ0v) is 10.9. The molecule has 4 nitrogen and oxygen atoms in total. The van der Waals surface area contributed by atoms with Gasteiger partial charge in [-0.15, -0.1) is 11.3 Å². The molecule has 2 heterocycles. The number of thiophene rings is 1. The summed E-state index contributed by atoms with van der Waals surface area (Å²) < 4.78 is 2.39. The number of nitriles is 1. The molecule has 0 aliphatic carbocycles. The monoisotopic (exact) mass is 267 g/mol. The van der Waals surface area contributed by atoms with E-state index in [2.05, 4.69) is 5.10 Å². The molecule has 0 spiro atoms. The second-order valence-electron chi connectivity index (χ2n) is 4.13. The van der Waals surface area contributed by atoms with Crippen LogP contribution in [-0.2, 0) is 7.05 Å². The van der Waals surface area contributed by atoms with Crippen LogP contribution >= 0.6 is 11.3 Å². The van der Waals surface area contributed by atoms with Crippen LogP contribution in [0.3, 0.4) is 0 Å². The normalized spacial score (nSPS) is 10.5. The number of hydrogen-bond donors (Lipinski definition) is 0. The van der Waals surface area contributed by atoms with E-state index in [1.807, 2.05) is 35.7 Å². The Bertz CT molecular complexity index is 870. The summed E-state index contributed by atoms with van der Waals surface area (Å²) in [5, 5.41) is 16.4. The minimum atomic E-state index is -0.278. The molecule has 0 N–H and O–H groups in total. The van der Waals surface area contributed by atoms with E-state index in [1.54, 1.807) is 18.4 Å². The van der Waals surface area contributed by atoms with Crippen LogP contribution in [0.4, 0.5) is 0 Å². The Morgan fingerprint density at radius 3 is 2.95 bits per heavy atom. The van der Waals surface area contributed by atoms with Crippen molar-refractivity contribution < 1.29 is 0 Å². The van der Waals surface area contributed by atoms with Gasteiger partial charge in [0, 0.05) is 34.1 Å². The topological polar surface area (TPSA) is 58.7 Å². The predicted molar refractivity (Wildman–Crippen MR) is 75.0 cm³/mol. The van der Waals surface area contributed by atoms with E-state index in [9.17, 15) is 4.79 Å². The third-order valence-electron chi connectivity index (χ3n) is 2.95. The Hall–Kier alpha value is -2.45. The van der Waals surface area contributed by atoms with Gasteiger partial charge in [-0.3, -0.25) is 4.79 Å². The van der Waals surface area contributed by atoms with Crippen molar-refractivity contribution >= 4 is 21.4 Å². The number of fused-ring (bicyclic) bond motifs is 1. The number of hydrogen-bond acceptors (Lipinski definition) is 4. The highest BCUT2D eigenvalue weighted by Crippen LogP contribution is 2.33. The molecule has 0 atom stereocenters. The van der Waals surface area contributed by atoms with E-state index in [4.69, 9.17) is 5.26 Å². The third kappa shape index (κ3) is 1.83. The molecule has 0 amide bonds. The molecular formula is C14H9N3OS. The van der Waals surface area contributed by atoms with Gasteiger partial charge in [0.25, 0.3) is 5.56 Å². The first-order valence-electron chi connectivity index (χ1n) is 5.66. The van der Waals surface area contributed by atoms with Crippen molar-refractivity contribution in [3.8, 4) is 17.3 Å². The van der Waals surface area contributed by atoms with Gasteiger partial charge in [0.1, 0.15) is 11.8 Å². The summed E-state index contributed by atoms with van der Waals surface area (Å²) in [4.78, 5) is 11.5. The molecule has 92 valence electrons. The minimum Gasteiger partial charge on any atom is -0.268 e. The van der Waals surface area contributed by atoms with Crippen LogP contribution in [0.1, 0.15) is 5.56 Å². The summed E-state index contributed by atoms with van der Waals surface area (Å²) in [6, 6.07) is 11.3. The lowest BCUT2D eigenvalue weighted by Gasteiger charge is -2.04. The smallest absolute Gasteiger partial charge is 0.267 e. The molecule has 0 saturated heterocycles. The van der Waals surface area contributed by atoms with Crippen LogP contribution < -0.4 is 5.56 Å². The molecule has 1 aromatic carbocycles. The quantitative estimate of drug-likeness (QED) is 0.680. The molecule has 0 saturated carbocycles. The predicted octanol–water partition coefficient (Wildman–Crippen LogP) is 2.53. The van der Waals surface area contributed by atoms with Crippen molar-refractivity contribution in [2.24, 2.45) is 7.05 Å². The second-order valence-corrected chi connectivity index (χ2v) is 5.04. The molecule has 3 aromatic rings. The molecule has 2 aromatic heterocycles. The van der Waals surface area contributed by atoms with Crippen molar-refractivity contribution in [2.75, 3.05) is 0 Å². The van der Waals surface area contributed by atoms with E-state index in [0.29, 0.717) is 11.3 Å². The number of rotatable bonds is 1. The first-order chi connectivity index (χ1) is 9.20. The highest BCUT2D eigenvalue weighted by molar-refractivity contribution is 7.17. The summed E-state index contributed by atoms with van der Waals surface area (Å²) in [5.74, 6) is 0. The lowest BCUT2D eigenvalue weighted by atomic mass is 10.1. The summed E-state index contributed by atoms with van der Waals surface area (Å²) in [6.45, 7) is 0. The van der Waals surface area contributed by atoms with Gasteiger partial charge in [0.05, 0.1) is 5.56 Å². The second kappa shape index (κ2) is 4.34. The standard InChI is InChI=1S/C14H9N3OS/c1-17-13(18)6-9(7-15)14(16-17)11-8-19-12-5-3-2-4-10(11)12/h2-6,8H,1H3. The Labute approximate surface area is 113 Å². The number of aryl methyl sites for hydroxylation is 1. The molecule has 0 unspecified atom stereocenters. The maximum Gasteiger partial charge on any atom is 0.267 e. The zero-order chi connectivity index (χ0) is 13.4. The summed E-state index contributed by atoms with van der Waals surface area (Å²) in [6.07, 6.45) is 0. The zero-order valence-electron chi connectivity index (χ0n) is 10.1. The van der Waals surface area contributed by atoms with Gasteiger partial charge in [-0.2, -0.15) is 10.4 Å². The fraction of sp³-hybridized carbons (Fsp3) is 0.0714. The van der Waals surface area contributed by atoms with Crippen LogP contribution in [0.5, 0.6) is 0 Å². The lowest BCUT2D eigenvalue weighted by Crippen LogP contribution is -2.19. The van der Waals surface area contributed by atoms with Crippen LogP contribution in [-0.4, -0.2) is 9.78 Å². The van der Waals surface area contributed by atoms with Crippen LogP contribution in [0, 0.1) is 11.3 Å². The molecule has 0 aliphatic rings. The van der Waals surface area contributed by atoms with Gasteiger partial charge in [-0.25, -0.2) is 4.68 Å². The van der Waals surface area contributed by atoms with Crippen LogP contribution in [0.25, 0.3) is 21.3 Å². The van der Waals surface area contributed by atoms with Crippen molar-refractivity contribution in [3.63, 3.8) is 0 Å². The lowest BCUT2D eigenvalue weighted by molar-refractivity contribution is 0.711. The van der Waals surface area contributed by atoms with Crippen molar-refractivity contribution in [1.82, 2.24) is 9.78 Å². The fourth-order valence-corrected chi connectivity index (χ4v) is 2.93. The molecule has 0 aliphatic heterocycles. The first kappa shape index (κ1) is 11.6. The summed E-state index contributed by atoms with van der Waals surface area (Å²) in [5.41, 5.74) is 1.49. The van der Waals surface area contributed by atoms with Crippen LogP contribution in [0.2, 0.25) is 0 Å². The maximum absolute atomic E-state index is 11.5. The number of benzene rings is 1. The molecule has 5 heteroatoms. The van der Waals surface area contributed by atoms with Gasteiger partial charge in [0.15, 0.2) is 0 Å². The molecule has 0 radical (unpaired) electrons. The fourth-order valence-electron chi connectivity index (χ4n) is 1.98. The van der Waals surface area contributed by atoms with Crippen molar-refractivity contribution in [1.29, 1.82) is 5.26 Å². The molecule has 3 rings (SSSR count). The average Bonchev–Trinajstić information content (AvgIpc) is 2.85. The highest BCUT2D eigenvalue weighted by Gasteiger charge is 2.13. The highest BCUT2D eigenvalue weighted by atomic mass is 32.1. The minimum absolute atomic E-state index is 0.278. The Morgan fingerprint density at radius 1 is 1.37 bits per heavy atom. The van der Waals surface area contributed by atoms with Gasteiger partial charge >= 0.3 is 0 Å². The van der Waals surface area contributed by atoms with Gasteiger partial charge in [-0.1, -0.05) is 18.2 Å². The number of aromatic nitrogens is 2. The van der Waals surface area contributed by atoms with Crippen molar-refractivity contribution in [2.45, 2.75) is 0 Å². The molecule has 0 bridgehead atoms. The van der Waals surface area contributed by atoms with Gasteiger partial charge in [0.2, 0.25) is 0 Å². The maximum atomic E-state index is 11.5. The average molecular weight is 267 g/mol. The van der Waals surface area contributed by atoms with E-state index in [-0.39, 0.29) is 5.56 Å². The Morgan fingerprint density at radius 2 is 2.16 bits per heavy atom. The SMILES string of the molecule is Cn1nc(-c2csc3ccccc23)c(C#N)cc1=O. The van der Waals surface area contributed by atoms with Gasteiger partial charge in [-0.05, 0) is 6.07 Å². The first-order valence-corrected chi connectivity index (χ1v) is 6.54. The Kier molecular flexibility index (Phi) is 2.65. The van der Waals surface area contributed by atoms with E-state index >= 15 is 0 Å². The summed E-state index contributed by atoms with van der Waals surface area (Å²) >= 11 is 1.60. The van der Waals surface area contributed by atoms with E-state index < -0.39 is 0 Å².